The second kappa shape index (κ2) is 8.47. The maximum Gasteiger partial charge on any atom is 0.270 e. The van der Waals surface area contributed by atoms with Crippen LogP contribution in [0.1, 0.15) is 44.4 Å². The number of carbonyl (C=O) groups excluding carboxylic acids is 2. The van der Waals surface area contributed by atoms with E-state index < -0.39 is 11.8 Å². The molecule has 1 aliphatic rings. The first-order valence-corrected chi connectivity index (χ1v) is 10.9. The van der Waals surface area contributed by atoms with Crippen LogP contribution in [0, 0.1) is 0 Å². The maximum atomic E-state index is 13.3. The molecule has 5 nitrogen and oxygen atoms in total. The van der Waals surface area contributed by atoms with Crippen molar-refractivity contribution >= 4 is 51.8 Å². The van der Waals surface area contributed by atoms with E-state index in [0.29, 0.717) is 11.7 Å². The average molecular weight is 432 g/mol. The quantitative estimate of drug-likeness (QED) is 0.351. The van der Waals surface area contributed by atoms with Gasteiger partial charge in [0.2, 0.25) is 0 Å². The van der Waals surface area contributed by atoms with Gasteiger partial charge in [0, 0.05) is 28.7 Å². The van der Waals surface area contributed by atoms with Crippen LogP contribution < -0.4 is 10.2 Å². The van der Waals surface area contributed by atoms with Gasteiger partial charge in [-0.05, 0) is 61.8 Å². The number of benzene rings is 2. The van der Waals surface area contributed by atoms with Crippen molar-refractivity contribution in [1.82, 2.24) is 9.88 Å². The lowest BCUT2D eigenvalue weighted by atomic mass is 10.1. The highest BCUT2D eigenvalue weighted by Gasteiger charge is 2.34. The number of carbonyl (C=O) groups is 2. The van der Waals surface area contributed by atoms with E-state index in [4.69, 9.17) is 12.2 Å². The van der Waals surface area contributed by atoms with Gasteiger partial charge in [-0.1, -0.05) is 44.2 Å². The van der Waals surface area contributed by atoms with E-state index in [1.54, 1.807) is 6.08 Å². The number of hydrogen-bond donors (Lipinski definition) is 1. The van der Waals surface area contributed by atoms with Crippen molar-refractivity contribution in [3.8, 4) is 0 Å². The van der Waals surface area contributed by atoms with Gasteiger partial charge in [0.05, 0.1) is 5.69 Å². The number of anilines is 1. The molecule has 31 heavy (non-hydrogen) atoms. The molecule has 1 aromatic heterocycles. The van der Waals surface area contributed by atoms with Crippen molar-refractivity contribution in [2.24, 2.45) is 0 Å². The van der Waals surface area contributed by atoms with Crippen LogP contribution in [0.3, 0.4) is 0 Å². The molecule has 158 valence electrons. The van der Waals surface area contributed by atoms with E-state index in [1.165, 1.54) is 4.90 Å². The predicted octanol–water partition coefficient (Wildman–Crippen LogP) is 5.01. The lowest BCUT2D eigenvalue weighted by Gasteiger charge is -2.29. The number of amides is 2. The molecule has 2 aromatic carbocycles. The summed E-state index contributed by atoms with van der Waals surface area (Å²) >= 11 is 5.31. The Labute approximate surface area is 187 Å². The highest BCUT2D eigenvalue weighted by Crippen LogP contribution is 2.29. The van der Waals surface area contributed by atoms with Gasteiger partial charge in [-0.25, -0.2) is 0 Å². The van der Waals surface area contributed by atoms with Crippen molar-refractivity contribution in [2.45, 2.75) is 39.7 Å². The number of nitrogens with zero attached hydrogens (tertiary/aromatic N) is 2. The van der Waals surface area contributed by atoms with Crippen LogP contribution in [-0.2, 0) is 16.0 Å². The van der Waals surface area contributed by atoms with Crippen molar-refractivity contribution in [1.29, 1.82) is 0 Å². The Bertz CT molecular complexity index is 1210. The molecule has 0 spiro atoms. The molecular formula is C25H25N3O2S. The Kier molecular flexibility index (Phi) is 5.74. The van der Waals surface area contributed by atoms with E-state index in [2.05, 4.69) is 36.7 Å². The number of thiocarbonyl (C=S) groups is 1. The smallest absolute Gasteiger partial charge is 0.270 e. The summed E-state index contributed by atoms with van der Waals surface area (Å²) in [6.45, 7) is 6.36. The summed E-state index contributed by atoms with van der Waals surface area (Å²) in [4.78, 5) is 27.4. The molecule has 1 aliphatic heterocycles. The molecule has 0 radical (unpaired) electrons. The maximum absolute atomic E-state index is 13.3. The van der Waals surface area contributed by atoms with E-state index in [9.17, 15) is 9.59 Å². The lowest BCUT2D eigenvalue weighted by Crippen LogP contribution is -2.54. The van der Waals surface area contributed by atoms with Gasteiger partial charge in [0.25, 0.3) is 11.8 Å². The fourth-order valence-electron chi connectivity index (χ4n) is 3.84. The van der Waals surface area contributed by atoms with Gasteiger partial charge in [0.15, 0.2) is 5.11 Å². The zero-order valence-electron chi connectivity index (χ0n) is 17.9. The first-order valence-electron chi connectivity index (χ1n) is 10.5. The zero-order valence-corrected chi connectivity index (χ0v) is 18.7. The molecule has 1 fully saturated rings. The van der Waals surface area contributed by atoms with Gasteiger partial charge in [-0.15, -0.1) is 0 Å². The molecule has 6 heteroatoms. The Morgan fingerprint density at radius 3 is 2.45 bits per heavy atom. The van der Waals surface area contributed by atoms with E-state index in [-0.39, 0.29) is 10.7 Å². The van der Waals surface area contributed by atoms with Crippen LogP contribution in [-0.4, -0.2) is 21.5 Å². The summed E-state index contributed by atoms with van der Waals surface area (Å²) in [5, 5.41) is 3.77. The summed E-state index contributed by atoms with van der Waals surface area (Å²) in [6, 6.07) is 16.0. The van der Waals surface area contributed by atoms with E-state index >= 15 is 0 Å². The van der Waals surface area contributed by atoms with Gasteiger partial charge in [-0.3, -0.25) is 19.8 Å². The molecule has 4 rings (SSSR count). The third-order valence-electron chi connectivity index (χ3n) is 5.84. The van der Waals surface area contributed by atoms with Gasteiger partial charge < -0.3 is 4.57 Å². The SMILES string of the molecule is CCc1ccc(N2C(=O)/C(=C/c3cn([C@H](C)CC)c4ccccc34)C(=O)NC2=S)cc1. The third-order valence-corrected chi connectivity index (χ3v) is 6.13. The van der Waals surface area contributed by atoms with Crippen LogP contribution in [0.4, 0.5) is 5.69 Å². The van der Waals surface area contributed by atoms with Crippen LogP contribution in [0.2, 0.25) is 0 Å². The molecule has 1 atom stereocenters. The molecule has 0 bridgehead atoms. The van der Waals surface area contributed by atoms with Gasteiger partial charge >= 0.3 is 0 Å². The Morgan fingerprint density at radius 1 is 1.06 bits per heavy atom. The average Bonchev–Trinajstić information content (AvgIpc) is 3.15. The first-order chi connectivity index (χ1) is 14.9. The number of nitrogens with one attached hydrogen (secondary N) is 1. The van der Waals surface area contributed by atoms with Crippen LogP contribution in [0.5, 0.6) is 0 Å². The van der Waals surface area contributed by atoms with Crippen molar-refractivity contribution in [2.75, 3.05) is 4.90 Å². The van der Waals surface area contributed by atoms with Crippen molar-refractivity contribution in [3.05, 3.63) is 71.4 Å². The molecule has 1 N–H and O–H groups in total. The zero-order chi connectivity index (χ0) is 22.1. The largest absolute Gasteiger partial charge is 0.344 e. The molecular weight excluding hydrogens is 406 g/mol. The monoisotopic (exact) mass is 431 g/mol. The van der Waals surface area contributed by atoms with Gasteiger partial charge in [-0.2, -0.15) is 0 Å². The molecule has 2 amide bonds. The standard InChI is InChI=1S/C25H25N3O2S/c1-4-16(3)27-15-18(20-8-6-7-9-22(20)27)14-21-23(29)26-25(31)28(24(21)30)19-12-10-17(5-2)11-13-19/h6-16H,4-5H2,1-3H3,(H,26,29,31)/b21-14+/t16-/m1/s1. The summed E-state index contributed by atoms with van der Waals surface area (Å²) in [6.07, 6.45) is 5.57. The number of para-hydroxylation sites is 1. The van der Waals surface area contributed by atoms with Crippen molar-refractivity contribution in [3.63, 3.8) is 0 Å². The number of fused-ring (bicyclic) bond motifs is 1. The highest BCUT2D eigenvalue weighted by molar-refractivity contribution is 7.80. The van der Waals surface area contributed by atoms with E-state index in [0.717, 1.165) is 34.9 Å². The van der Waals surface area contributed by atoms with Crippen LogP contribution in [0.25, 0.3) is 17.0 Å². The van der Waals surface area contributed by atoms with Gasteiger partial charge in [0.1, 0.15) is 5.57 Å². The summed E-state index contributed by atoms with van der Waals surface area (Å²) in [7, 11) is 0. The normalized spacial score (nSPS) is 16.8. The minimum Gasteiger partial charge on any atom is -0.344 e. The van der Waals surface area contributed by atoms with Crippen LogP contribution in [0.15, 0.2) is 60.3 Å². The van der Waals surface area contributed by atoms with Crippen molar-refractivity contribution < 1.29 is 9.59 Å². The summed E-state index contributed by atoms with van der Waals surface area (Å²) < 4.78 is 2.19. The molecule has 3 aromatic rings. The molecule has 0 aliphatic carbocycles. The summed E-state index contributed by atoms with van der Waals surface area (Å²) in [5.74, 6) is -0.893. The fourth-order valence-corrected chi connectivity index (χ4v) is 4.12. The summed E-state index contributed by atoms with van der Waals surface area (Å²) in [5.41, 5.74) is 3.79. The molecule has 0 saturated carbocycles. The second-order valence-corrected chi connectivity index (χ2v) is 8.13. The second-order valence-electron chi connectivity index (χ2n) is 7.74. The predicted molar refractivity (Wildman–Crippen MR) is 129 cm³/mol. The Hall–Kier alpha value is -3.25. The molecule has 1 saturated heterocycles. The lowest BCUT2D eigenvalue weighted by molar-refractivity contribution is -0.122. The minimum absolute atomic E-state index is 0.0697. The number of aromatic nitrogens is 1. The van der Waals surface area contributed by atoms with Crippen LogP contribution >= 0.6 is 12.2 Å². The molecule has 2 heterocycles. The fraction of sp³-hybridized carbons (Fsp3) is 0.240. The third kappa shape index (κ3) is 3.79. The number of hydrogen-bond acceptors (Lipinski definition) is 3. The Morgan fingerprint density at radius 2 is 1.77 bits per heavy atom. The number of aryl methyl sites for hydroxylation is 1. The molecule has 0 unspecified atom stereocenters. The number of rotatable bonds is 5. The Balaban J connectivity index is 1.79. The minimum atomic E-state index is -0.475. The topological polar surface area (TPSA) is 54.3 Å². The first kappa shape index (κ1) is 21.0. The van der Waals surface area contributed by atoms with E-state index in [1.807, 2.05) is 48.7 Å². The highest BCUT2D eigenvalue weighted by atomic mass is 32.1.